The first-order chi connectivity index (χ1) is 7.65. The molecule has 0 spiro atoms. The van der Waals surface area contributed by atoms with Crippen LogP contribution in [-0.2, 0) is 0 Å². The molecule has 1 aromatic carbocycles. The first kappa shape index (κ1) is 11.2. The maximum Gasteiger partial charge on any atom is 0.387 e. The summed E-state index contributed by atoms with van der Waals surface area (Å²) in [5.41, 5.74) is 1.57. The molecule has 0 unspecified atom stereocenters. The predicted molar refractivity (Wildman–Crippen MR) is 59.1 cm³/mol. The molecule has 16 heavy (non-hydrogen) atoms. The maximum absolute atomic E-state index is 12.1. The van der Waals surface area contributed by atoms with E-state index in [1.807, 2.05) is 6.07 Å². The molecule has 1 aliphatic rings. The number of alkyl halides is 2. The summed E-state index contributed by atoms with van der Waals surface area (Å²) in [6, 6.07) is 5.81. The smallest absolute Gasteiger partial charge is 0.387 e. The fourth-order valence-corrected chi connectivity index (χ4v) is 1.70. The van der Waals surface area contributed by atoms with Crippen molar-refractivity contribution in [1.29, 1.82) is 0 Å². The molecule has 2 nitrogen and oxygen atoms in total. The normalized spacial score (nSPS) is 16.0. The molecule has 88 valence electrons. The fourth-order valence-electron chi connectivity index (χ4n) is 1.70. The quantitative estimate of drug-likeness (QED) is 0.849. The lowest BCUT2D eigenvalue weighted by molar-refractivity contribution is -0.0502. The molecule has 0 radical (unpaired) electrons. The van der Waals surface area contributed by atoms with Gasteiger partial charge in [0, 0.05) is 17.8 Å². The van der Waals surface area contributed by atoms with Gasteiger partial charge in [-0.25, -0.2) is 0 Å². The Balaban J connectivity index is 2.07. The second kappa shape index (κ2) is 4.68. The first-order valence-electron chi connectivity index (χ1n) is 5.47. The van der Waals surface area contributed by atoms with E-state index < -0.39 is 6.61 Å². The van der Waals surface area contributed by atoms with Crippen LogP contribution >= 0.6 is 0 Å². The highest BCUT2D eigenvalue weighted by molar-refractivity contribution is 5.52. The van der Waals surface area contributed by atoms with Gasteiger partial charge in [-0.2, -0.15) is 8.78 Å². The average molecular weight is 227 g/mol. The molecular weight excluding hydrogens is 212 g/mol. The lowest BCUT2D eigenvalue weighted by atomic mass is 9.93. The van der Waals surface area contributed by atoms with E-state index in [-0.39, 0.29) is 5.75 Å². The van der Waals surface area contributed by atoms with Crippen molar-refractivity contribution in [2.45, 2.75) is 38.8 Å². The summed E-state index contributed by atoms with van der Waals surface area (Å²) in [5.74, 6) is 0.249. The molecule has 1 fully saturated rings. The van der Waals surface area contributed by atoms with E-state index in [9.17, 15) is 8.78 Å². The molecule has 2 rings (SSSR count). The van der Waals surface area contributed by atoms with E-state index >= 15 is 0 Å². The Labute approximate surface area is 93.6 Å². The van der Waals surface area contributed by atoms with Crippen molar-refractivity contribution in [1.82, 2.24) is 0 Å². The van der Waals surface area contributed by atoms with Crippen LogP contribution in [0.1, 0.15) is 24.8 Å². The average Bonchev–Trinajstić information content (AvgIpc) is 2.15. The molecule has 1 aromatic rings. The number of hydrogen-bond donors (Lipinski definition) is 1. The zero-order chi connectivity index (χ0) is 11.5. The zero-order valence-corrected chi connectivity index (χ0v) is 9.17. The summed E-state index contributed by atoms with van der Waals surface area (Å²) in [6.45, 7) is -1.01. The Morgan fingerprint density at radius 1 is 1.38 bits per heavy atom. The molecule has 4 heteroatoms. The molecule has 0 amide bonds. The number of benzene rings is 1. The second-order valence-corrected chi connectivity index (χ2v) is 4.13. The van der Waals surface area contributed by atoms with E-state index in [1.54, 1.807) is 19.1 Å². The fraction of sp³-hybridized carbons (Fsp3) is 0.500. The lowest BCUT2D eigenvalue weighted by Crippen LogP contribution is -2.26. The van der Waals surface area contributed by atoms with E-state index in [4.69, 9.17) is 0 Å². The summed E-state index contributed by atoms with van der Waals surface area (Å²) in [5, 5.41) is 3.29. The third-order valence-electron chi connectivity index (χ3n) is 2.88. The lowest BCUT2D eigenvalue weighted by Gasteiger charge is -2.27. The monoisotopic (exact) mass is 227 g/mol. The number of nitrogens with one attached hydrogen (secondary N) is 1. The number of rotatable bonds is 4. The highest BCUT2D eigenvalue weighted by atomic mass is 19.3. The molecule has 0 heterocycles. The molecule has 0 aromatic heterocycles. The van der Waals surface area contributed by atoms with E-state index in [2.05, 4.69) is 10.1 Å². The molecule has 1 aliphatic carbocycles. The van der Waals surface area contributed by atoms with Crippen LogP contribution in [0.4, 0.5) is 14.5 Å². The standard InChI is InChI=1S/C12H15F2NO/c1-8-5-6-10(15-9-3-2-4-9)7-11(8)16-12(13)14/h5-7,9,12,15H,2-4H2,1H3. The summed E-state index contributed by atoms with van der Waals surface area (Å²) >= 11 is 0. The second-order valence-electron chi connectivity index (χ2n) is 4.13. The molecular formula is C12H15F2NO. The van der Waals surface area contributed by atoms with Crippen LogP contribution in [0.5, 0.6) is 5.75 Å². The largest absolute Gasteiger partial charge is 0.434 e. The number of aryl methyl sites for hydroxylation is 1. The number of halogens is 2. The number of anilines is 1. The highest BCUT2D eigenvalue weighted by Crippen LogP contribution is 2.28. The van der Waals surface area contributed by atoms with Gasteiger partial charge >= 0.3 is 6.61 Å². The van der Waals surface area contributed by atoms with Gasteiger partial charge in [0.1, 0.15) is 5.75 Å². The van der Waals surface area contributed by atoms with Gasteiger partial charge in [0.2, 0.25) is 0 Å². The van der Waals surface area contributed by atoms with Crippen molar-refractivity contribution in [3.63, 3.8) is 0 Å². The molecule has 0 bridgehead atoms. The summed E-state index contributed by atoms with van der Waals surface area (Å²) in [7, 11) is 0. The van der Waals surface area contributed by atoms with Crippen LogP contribution < -0.4 is 10.1 Å². The van der Waals surface area contributed by atoms with E-state index in [1.165, 1.54) is 6.42 Å². The maximum atomic E-state index is 12.1. The van der Waals surface area contributed by atoms with Crippen molar-refractivity contribution in [2.24, 2.45) is 0 Å². The Hall–Kier alpha value is -1.32. The summed E-state index contributed by atoms with van der Waals surface area (Å²) in [4.78, 5) is 0. The Bertz CT molecular complexity index is 364. The minimum absolute atomic E-state index is 0.249. The van der Waals surface area contributed by atoms with Gasteiger partial charge in [-0.15, -0.1) is 0 Å². The molecule has 1 saturated carbocycles. The predicted octanol–water partition coefficient (Wildman–Crippen LogP) is 3.56. The SMILES string of the molecule is Cc1ccc(NC2CCC2)cc1OC(F)F. The zero-order valence-electron chi connectivity index (χ0n) is 9.17. The van der Waals surface area contributed by atoms with Crippen LogP contribution in [0.2, 0.25) is 0 Å². The van der Waals surface area contributed by atoms with Gasteiger partial charge in [-0.3, -0.25) is 0 Å². The van der Waals surface area contributed by atoms with Crippen LogP contribution in [-0.4, -0.2) is 12.7 Å². The molecule has 0 atom stereocenters. The number of ether oxygens (including phenoxy) is 1. The van der Waals surface area contributed by atoms with Crippen LogP contribution in [0.25, 0.3) is 0 Å². The van der Waals surface area contributed by atoms with Crippen molar-refractivity contribution < 1.29 is 13.5 Å². The van der Waals surface area contributed by atoms with Gasteiger partial charge in [0.25, 0.3) is 0 Å². The molecule has 0 aliphatic heterocycles. The third kappa shape index (κ3) is 2.62. The van der Waals surface area contributed by atoms with Gasteiger partial charge < -0.3 is 10.1 Å². The summed E-state index contributed by atoms with van der Waals surface area (Å²) in [6.07, 6.45) is 3.54. The van der Waals surface area contributed by atoms with Crippen molar-refractivity contribution >= 4 is 5.69 Å². The Morgan fingerprint density at radius 3 is 2.69 bits per heavy atom. The van der Waals surface area contributed by atoms with Gasteiger partial charge in [0.05, 0.1) is 0 Å². The minimum Gasteiger partial charge on any atom is -0.434 e. The number of hydrogen-bond acceptors (Lipinski definition) is 2. The Morgan fingerprint density at radius 2 is 2.12 bits per heavy atom. The molecule has 0 saturated heterocycles. The van der Waals surface area contributed by atoms with Crippen molar-refractivity contribution in [3.05, 3.63) is 23.8 Å². The summed E-state index contributed by atoms with van der Waals surface area (Å²) < 4.78 is 28.7. The van der Waals surface area contributed by atoms with Crippen molar-refractivity contribution in [2.75, 3.05) is 5.32 Å². The molecule has 1 N–H and O–H groups in total. The van der Waals surface area contributed by atoms with Gasteiger partial charge in [-0.1, -0.05) is 6.07 Å². The van der Waals surface area contributed by atoms with Crippen LogP contribution in [0.15, 0.2) is 18.2 Å². The van der Waals surface area contributed by atoms with Crippen molar-refractivity contribution in [3.8, 4) is 5.75 Å². The van der Waals surface area contributed by atoms with E-state index in [0.29, 0.717) is 6.04 Å². The topological polar surface area (TPSA) is 21.3 Å². The van der Waals surface area contributed by atoms with Crippen LogP contribution in [0.3, 0.4) is 0 Å². The van der Waals surface area contributed by atoms with Gasteiger partial charge in [-0.05, 0) is 37.8 Å². The minimum atomic E-state index is -2.77. The van der Waals surface area contributed by atoms with E-state index in [0.717, 1.165) is 24.1 Å². The first-order valence-corrected chi connectivity index (χ1v) is 5.47. The van der Waals surface area contributed by atoms with Crippen LogP contribution in [0, 0.1) is 6.92 Å². The highest BCUT2D eigenvalue weighted by Gasteiger charge is 2.17. The van der Waals surface area contributed by atoms with Gasteiger partial charge in [0.15, 0.2) is 0 Å². The Kier molecular flexibility index (Phi) is 3.27. The third-order valence-corrected chi connectivity index (χ3v) is 2.88.